The van der Waals surface area contributed by atoms with Crippen LogP contribution in [0.1, 0.15) is 63.9 Å². The van der Waals surface area contributed by atoms with Crippen molar-refractivity contribution in [3.8, 4) is 0 Å². The van der Waals surface area contributed by atoms with Crippen LogP contribution in [0.25, 0.3) is 0 Å². The van der Waals surface area contributed by atoms with Gasteiger partial charge in [-0.15, -0.1) is 0 Å². The van der Waals surface area contributed by atoms with Crippen molar-refractivity contribution in [2.75, 3.05) is 0 Å². The molecule has 0 bridgehead atoms. The fourth-order valence-corrected chi connectivity index (χ4v) is 2.53. The highest BCUT2D eigenvalue weighted by atomic mass is 32.1. The molecule has 0 heterocycles. The van der Waals surface area contributed by atoms with Crippen molar-refractivity contribution in [3.05, 3.63) is 35.9 Å². The van der Waals surface area contributed by atoms with Gasteiger partial charge in [-0.25, -0.2) is 0 Å². The molecular formula is C16H24S. The highest BCUT2D eigenvalue weighted by Crippen LogP contribution is 2.26. The van der Waals surface area contributed by atoms with Crippen LogP contribution in [0, 0.1) is 0 Å². The Morgan fingerprint density at radius 2 is 1.71 bits per heavy atom. The van der Waals surface area contributed by atoms with Crippen molar-refractivity contribution in [1.82, 2.24) is 0 Å². The van der Waals surface area contributed by atoms with Gasteiger partial charge in [0.05, 0.1) is 0 Å². The van der Waals surface area contributed by atoms with Crippen LogP contribution < -0.4 is 0 Å². The van der Waals surface area contributed by atoms with Gasteiger partial charge in [0.25, 0.3) is 0 Å². The first kappa shape index (κ1) is 14.4. The van der Waals surface area contributed by atoms with Crippen molar-refractivity contribution in [2.24, 2.45) is 0 Å². The molecule has 0 N–H and O–H groups in total. The van der Waals surface area contributed by atoms with E-state index < -0.39 is 0 Å². The topological polar surface area (TPSA) is 0 Å². The highest BCUT2D eigenvalue weighted by Gasteiger charge is 2.15. The zero-order chi connectivity index (χ0) is 12.5. The molecule has 1 atom stereocenters. The third-order valence-electron chi connectivity index (χ3n) is 3.21. The molecule has 0 radical (unpaired) electrons. The third kappa shape index (κ3) is 4.99. The van der Waals surface area contributed by atoms with Gasteiger partial charge in [-0.1, -0.05) is 75.7 Å². The monoisotopic (exact) mass is 248 g/mol. The Morgan fingerprint density at radius 1 is 1.06 bits per heavy atom. The number of rotatable bonds is 8. The van der Waals surface area contributed by atoms with E-state index >= 15 is 0 Å². The summed E-state index contributed by atoms with van der Waals surface area (Å²) in [5.74, 6) is 0.498. The first-order valence-corrected chi connectivity index (χ1v) is 7.28. The molecule has 0 spiro atoms. The van der Waals surface area contributed by atoms with E-state index in [9.17, 15) is 0 Å². The molecule has 0 aromatic heterocycles. The maximum atomic E-state index is 5.64. The minimum atomic E-state index is 0.498. The lowest BCUT2D eigenvalue weighted by Gasteiger charge is -2.18. The molecule has 1 unspecified atom stereocenters. The molecule has 1 heteroatoms. The summed E-state index contributed by atoms with van der Waals surface area (Å²) < 4.78 is 0. The van der Waals surface area contributed by atoms with E-state index in [2.05, 4.69) is 44.2 Å². The second kappa shape index (κ2) is 8.41. The van der Waals surface area contributed by atoms with Gasteiger partial charge in [-0.2, -0.15) is 0 Å². The molecule has 17 heavy (non-hydrogen) atoms. The summed E-state index contributed by atoms with van der Waals surface area (Å²) in [6.45, 7) is 4.48. The summed E-state index contributed by atoms with van der Waals surface area (Å²) in [6.07, 6.45) is 7.30. The maximum absolute atomic E-state index is 5.64. The fourth-order valence-electron chi connectivity index (χ4n) is 2.13. The maximum Gasteiger partial charge on any atom is 0.0153 e. The molecule has 0 saturated carbocycles. The van der Waals surface area contributed by atoms with E-state index in [4.69, 9.17) is 12.2 Å². The molecule has 1 aromatic carbocycles. The van der Waals surface area contributed by atoms with Crippen LogP contribution in [-0.2, 0) is 0 Å². The van der Waals surface area contributed by atoms with Crippen LogP contribution in [0.4, 0.5) is 0 Å². The van der Waals surface area contributed by atoms with Crippen molar-refractivity contribution < 1.29 is 0 Å². The lowest BCUT2D eigenvalue weighted by molar-refractivity contribution is 0.676. The first-order valence-electron chi connectivity index (χ1n) is 6.87. The molecule has 0 fully saturated rings. The van der Waals surface area contributed by atoms with Gasteiger partial charge in [0.2, 0.25) is 0 Å². The predicted molar refractivity (Wildman–Crippen MR) is 80.8 cm³/mol. The summed E-state index contributed by atoms with van der Waals surface area (Å²) in [5, 5.41) is 0. The molecule has 94 valence electrons. The molecule has 1 rings (SSSR count). The highest BCUT2D eigenvalue weighted by molar-refractivity contribution is 7.80. The molecule has 0 aliphatic rings. The number of unbranched alkanes of at least 4 members (excludes halogenated alkanes) is 2. The lowest BCUT2D eigenvalue weighted by atomic mass is 9.88. The Bertz CT molecular complexity index is 316. The van der Waals surface area contributed by atoms with Gasteiger partial charge in [0.15, 0.2) is 0 Å². The summed E-state index contributed by atoms with van der Waals surface area (Å²) in [7, 11) is 0. The second-order valence-corrected chi connectivity index (χ2v) is 5.20. The van der Waals surface area contributed by atoms with E-state index in [1.165, 1.54) is 42.5 Å². The summed E-state index contributed by atoms with van der Waals surface area (Å²) >= 11 is 5.64. The average molecular weight is 248 g/mol. The summed E-state index contributed by atoms with van der Waals surface area (Å²) in [5.41, 5.74) is 1.40. The standard InChI is InChI=1S/C16H24S/c1-3-5-12-15(16(17)13-6-4-2)14-10-8-7-9-11-14/h7-11,15H,3-6,12-13H2,1-2H3. The zero-order valence-corrected chi connectivity index (χ0v) is 11.9. The molecule has 1 aromatic rings. The van der Waals surface area contributed by atoms with E-state index in [1.807, 2.05) is 0 Å². The van der Waals surface area contributed by atoms with Crippen LogP contribution in [0.15, 0.2) is 30.3 Å². The van der Waals surface area contributed by atoms with Crippen LogP contribution in [0.2, 0.25) is 0 Å². The molecule has 0 amide bonds. The van der Waals surface area contributed by atoms with Crippen molar-refractivity contribution in [2.45, 2.75) is 58.3 Å². The second-order valence-electron chi connectivity index (χ2n) is 4.68. The normalized spacial score (nSPS) is 12.4. The minimum absolute atomic E-state index is 0.498. The van der Waals surface area contributed by atoms with Gasteiger partial charge in [0.1, 0.15) is 0 Å². The lowest BCUT2D eigenvalue weighted by Crippen LogP contribution is -2.10. The minimum Gasteiger partial charge on any atom is -0.0890 e. The van der Waals surface area contributed by atoms with Gasteiger partial charge >= 0.3 is 0 Å². The van der Waals surface area contributed by atoms with Crippen molar-refractivity contribution >= 4 is 17.1 Å². The predicted octanol–water partition coefficient (Wildman–Crippen LogP) is 5.52. The van der Waals surface area contributed by atoms with Crippen molar-refractivity contribution in [1.29, 1.82) is 0 Å². The number of hydrogen-bond acceptors (Lipinski definition) is 1. The smallest absolute Gasteiger partial charge is 0.0153 e. The Morgan fingerprint density at radius 3 is 2.29 bits per heavy atom. The van der Waals surface area contributed by atoms with Crippen LogP contribution in [0.3, 0.4) is 0 Å². The van der Waals surface area contributed by atoms with Crippen LogP contribution in [0.5, 0.6) is 0 Å². The van der Waals surface area contributed by atoms with E-state index in [0.29, 0.717) is 5.92 Å². The Labute approximate surface area is 111 Å². The van der Waals surface area contributed by atoms with Gasteiger partial charge < -0.3 is 0 Å². The third-order valence-corrected chi connectivity index (χ3v) is 3.70. The number of hydrogen-bond donors (Lipinski definition) is 0. The van der Waals surface area contributed by atoms with E-state index in [-0.39, 0.29) is 0 Å². The molecular weight excluding hydrogens is 224 g/mol. The van der Waals surface area contributed by atoms with Gasteiger partial charge in [-0.05, 0) is 24.8 Å². The van der Waals surface area contributed by atoms with Crippen LogP contribution in [-0.4, -0.2) is 4.86 Å². The molecule has 0 aliphatic heterocycles. The Kier molecular flexibility index (Phi) is 7.11. The molecule has 0 saturated heterocycles. The number of benzene rings is 1. The van der Waals surface area contributed by atoms with Gasteiger partial charge in [0, 0.05) is 10.8 Å². The Hall–Kier alpha value is -0.690. The van der Waals surface area contributed by atoms with E-state index in [0.717, 1.165) is 6.42 Å². The molecule has 0 aliphatic carbocycles. The fraction of sp³-hybridized carbons (Fsp3) is 0.562. The van der Waals surface area contributed by atoms with Crippen molar-refractivity contribution in [3.63, 3.8) is 0 Å². The van der Waals surface area contributed by atoms with Crippen LogP contribution >= 0.6 is 12.2 Å². The summed E-state index contributed by atoms with van der Waals surface area (Å²) in [4.78, 5) is 1.26. The first-order chi connectivity index (χ1) is 8.29. The zero-order valence-electron chi connectivity index (χ0n) is 11.1. The average Bonchev–Trinajstić information content (AvgIpc) is 2.38. The van der Waals surface area contributed by atoms with Gasteiger partial charge in [-0.3, -0.25) is 0 Å². The quantitative estimate of drug-likeness (QED) is 0.546. The number of thiocarbonyl (C=S) groups is 1. The Balaban J connectivity index is 2.69. The molecule has 0 nitrogen and oxygen atoms in total. The SMILES string of the molecule is CCCCC(=S)C(CCCC)c1ccccc1. The summed E-state index contributed by atoms with van der Waals surface area (Å²) in [6, 6.07) is 10.8. The largest absolute Gasteiger partial charge is 0.0890 e. The van der Waals surface area contributed by atoms with E-state index in [1.54, 1.807) is 0 Å².